The Morgan fingerprint density at radius 2 is 1.79 bits per heavy atom. The van der Waals surface area contributed by atoms with Crippen molar-refractivity contribution in [2.75, 3.05) is 23.9 Å². The highest BCUT2D eigenvalue weighted by Gasteiger charge is 2.27. The largest absolute Gasteiger partial charge is 0.396 e. The molecule has 0 saturated carbocycles. The highest BCUT2D eigenvalue weighted by Crippen LogP contribution is 2.17. The lowest BCUT2D eigenvalue weighted by molar-refractivity contribution is 0.296. The van der Waals surface area contributed by atoms with Gasteiger partial charge in [-0.1, -0.05) is 0 Å². The van der Waals surface area contributed by atoms with Crippen molar-refractivity contribution in [3.8, 4) is 0 Å². The van der Waals surface area contributed by atoms with Crippen molar-refractivity contribution in [2.45, 2.75) is 31.9 Å². The molecule has 14 heavy (non-hydrogen) atoms. The third-order valence-electron chi connectivity index (χ3n) is 1.88. The second-order valence-electron chi connectivity index (χ2n) is 4.12. The molecule has 0 fully saturated rings. The van der Waals surface area contributed by atoms with Gasteiger partial charge in [-0.25, -0.2) is 8.42 Å². The predicted octanol–water partition coefficient (Wildman–Crippen LogP) is 1.32. The average molecular weight is 240 g/mol. The molecule has 0 heterocycles. The van der Waals surface area contributed by atoms with E-state index in [2.05, 4.69) is 0 Å². The Balaban J connectivity index is 3.80. The smallest absolute Gasteiger partial charge is 0.155 e. The van der Waals surface area contributed by atoms with Crippen molar-refractivity contribution in [3.05, 3.63) is 0 Å². The van der Waals surface area contributed by atoms with E-state index in [-0.39, 0.29) is 12.4 Å². The van der Waals surface area contributed by atoms with Crippen LogP contribution in [0.5, 0.6) is 0 Å². The normalized spacial score (nSPS) is 13.1. The van der Waals surface area contributed by atoms with E-state index in [1.165, 1.54) is 0 Å². The zero-order valence-corrected chi connectivity index (χ0v) is 10.7. The summed E-state index contributed by atoms with van der Waals surface area (Å²) in [5.74, 6) is 1.68. The molecule has 0 radical (unpaired) electrons. The molecule has 0 aliphatic rings. The number of hydrogen-bond acceptors (Lipinski definition) is 4. The van der Waals surface area contributed by atoms with Crippen LogP contribution < -0.4 is 0 Å². The van der Waals surface area contributed by atoms with Crippen LogP contribution in [0.3, 0.4) is 0 Å². The molecule has 0 amide bonds. The Hall–Kier alpha value is 0.260. The molecule has 86 valence electrons. The van der Waals surface area contributed by atoms with Crippen LogP contribution in [0.1, 0.15) is 27.2 Å². The molecule has 0 atom stereocenters. The summed E-state index contributed by atoms with van der Waals surface area (Å²) in [6.45, 7) is 5.35. The number of sulfone groups is 1. The SMILES string of the molecule is CC(C)(C)S(=O)(=O)CCSCCCO. The van der Waals surface area contributed by atoms with Gasteiger partial charge >= 0.3 is 0 Å². The summed E-state index contributed by atoms with van der Waals surface area (Å²) in [7, 11) is -2.97. The van der Waals surface area contributed by atoms with E-state index in [9.17, 15) is 8.42 Å². The summed E-state index contributed by atoms with van der Waals surface area (Å²) in [5, 5.41) is 8.52. The van der Waals surface area contributed by atoms with E-state index >= 15 is 0 Å². The van der Waals surface area contributed by atoms with Gasteiger partial charge in [0.1, 0.15) is 0 Å². The fourth-order valence-electron chi connectivity index (χ4n) is 0.743. The molecule has 0 aromatic carbocycles. The Morgan fingerprint density at radius 1 is 1.21 bits per heavy atom. The second kappa shape index (κ2) is 5.98. The number of aliphatic hydroxyl groups excluding tert-OH is 1. The minimum Gasteiger partial charge on any atom is -0.396 e. The topological polar surface area (TPSA) is 54.4 Å². The second-order valence-corrected chi connectivity index (χ2v) is 8.21. The molecule has 0 aliphatic heterocycles. The number of hydrogen-bond donors (Lipinski definition) is 1. The molecule has 5 heteroatoms. The maximum atomic E-state index is 11.6. The molecular formula is C9H20O3S2. The summed E-state index contributed by atoms with van der Waals surface area (Å²) in [4.78, 5) is 0. The summed E-state index contributed by atoms with van der Waals surface area (Å²) in [6.07, 6.45) is 0.736. The van der Waals surface area contributed by atoms with Gasteiger partial charge < -0.3 is 5.11 Å². The lowest BCUT2D eigenvalue weighted by atomic mass is 10.3. The van der Waals surface area contributed by atoms with E-state index in [0.717, 1.165) is 12.2 Å². The molecule has 0 aliphatic carbocycles. The van der Waals surface area contributed by atoms with E-state index in [4.69, 9.17) is 5.11 Å². The fraction of sp³-hybridized carbons (Fsp3) is 1.00. The standard InChI is InChI=1S/C9H20O3S2/c1-9(2,3)14(11,12)8-7-13-6-4-5-10/h10H,4-8H2,1-3H3. The average Bonchev–Trinajstić information content (AvgIpc) is 2.02. The minimum atomic E-state index is -2.97. The van der Waals surface area contributed by atoms with Gasteiger partial charge in [0.25, 0.3) is 0 Å². The Labute approximate surface area is 91.2 Å². The van der Waals surface area contributed by atoms with Gasteiger partial charge in [0.05, 0.1) is 10.5 Å². The first-order valence-corrected chi connectivity index (χ1v) is 7.53. The molecule has 0 unspecified atom stereocenters. The maximum Gasteiger partial charge on any atom is 0.155 e. The third kappa shape index (κ3) is 5.22. The van der Waals surface area contributed by atoms with Gasteiger partial charge in [0.15, 0.2) is 9.84 Å². The van der Waals surface area contributed by atoms with Crippen molar-refractivity contribution in [1.29, 1.82) is 0 Å². The predicted molar refractivity (Wildman–Crippen MR) is 62.6 cm³/mol. The molecular weight excluding hydrogens is 220 g/mol. The highest BCUT2D eigenvalue weighted by atomic mass is 32.2. The lowest BCUT2D eigenvalue weighted by Crippen LogP contribution is -2.31. The fourth-order valence-corrected chi connectivity index (χ4v) is 3.24. The van der Waals surface area contributed by atoms with Crippen LogP contribution in [0.25, 0.3) is 0 Å². The molecule has 3 nitrogen and oxygen atoms in total. The van der Waals surface area contributed by atoms with Gasteiger partial charge in [-0.05, 0) is 32.9 Å². The monoisotopic (exact) mass is 240 g/mol. The molecule has 0 aromatic heterocycles. The molecule has 0 saturated heterocycles. The Morgan fingerprint density at radius 3 is 2.21 bits per heavy atom. The summed E-state index contributed by atoms with van der Waals surface area (Å²) < 4.78 is 22.6. The summed E-state index contributed by atoms with van der Waals surface area (Å²) >= 11 is 1.58. The van der Waals surface area contributed by atoms with E-state index in [1.54, 1.807) is 32.5 Å². The van der Waals surface area contributed by atoms with Crippen molar-refractivity contribution in [1.82, 2.24) is 0 Å². The van der Waals surface area contributed by atoms with Gasteiger partial charge in [-0.15, -0.1) is 0 Å². The van der Waals surface area contributed by atoms with Gasteiger partial charge in [-0.3, -0.25) is 0 Å². The number of rotatable bonds is 6. The quantitative estimate of drug-likeness (QED) is 0.711. The molecule has 0 bridgehead atoms. The van der Waals surface area contributed by atoms with Gasteiger partial charge in [0, 0.05) is 12.4 Å². The third-order valence-corrected chi connectivity index (χ3v) is 5.81. The molecule has 0 spiro atoms. The minimum absolute atomic E-state index is 0.180. The van der Waals surface area contributed by atoms with Crippen LogP contribution in [0, 0.1) is 0 Å². The van der Waals surface area contributed by atoms with Crippen LogP contribution in [0.2, 0.25) is 0 Å². The molecule has 0 rings (SSSR count). The Kier molecular flexibility index (Phi) is 6.09. The zero-order chi connectivity index (χ0) is 11.2. The van der Waals surface area contributed by atoms with E-state index in [1.807, 2.05) is 0 Å². The van der Waals surface area contributed by atoms with Crippen LogP contribution in [-0.2, 0) is 9.84 Å². The Bertz CT molecular complexity index is 239. The number of thioether (sulfide) groups is 1. The van der Waals surface area contributed by atoms with E-state index in [0.29, 0.717) is 5.75 Å². The lowest BCUT2D eigenvalue weighted by Gasteiger charge is -2.18. The first-order valence-electron chi connectivity index (χ1n) is 4.72. The van der Waals surface area contributed by atoms with Crippen LogP contribution >= 0.6 is 11.8 Å². The van der Waals surface area contributed by atoms with Gasteiger partial charge in [-0.2, -0.15) is 11.8 Å². The van der Waals surface area contributed by atoms with Crippen LogP contribution in [-0.4, -0.2) is 42.1 Å². The van der Waals surface area contributed by atoms with Crippen LogP contribution in [0.15, 0.2) is 0 Å². The van der Waals surface area contributed by atoms with Crippen molar-refractivity contribution < 1.29 is 13.5 Å². The van der Waals surface area contributed by atoms with Crippen molar-refractivity contribution >= 4 is 21.6 Å². The highest BCUT2D eigenvalue weighted by molar-refractivity contribution is 8.00. The first kappa shape index (κ1) is 14.3. The first-order chi connectivity index (χ1) is 6.31. The molecule has 1 N–H and O–H groups in total. The number of aliphatic hydroxyl groups is 1. The van der Waals surface area contributed by atoms with Gasteiger partial charge in [0.2, 0.25) is 0 Å². The van der Waals surface area contributed by atoms with E-state index < -0.39 is 14.6 Å². The van der Waals surface area contributed by atoms with Crippen molar-refractivity contribution in [3.63, 3.8) is 0 Å². The molecule has 0 aromatic rings. The van der Waals surface area contributed by atoms with Crippen molar-refractivity contribution in [2.24, 2.45) is 0 Å². The summed E-state index contributed by atoms with van der Waals surface area (Å²) in [6, 6.07) is 0. The van der Waals surface area contributed by atoms with Crippen LogP contribution in [0.4, 0.5) is 0 Å². The maximum absolute atomic E-state index is 11.6. The summed E-state index contributed by atoms with van der Waals surface area (Å²) in [5.41, 5.74) is 0. The zero-order valence-electron chi connectivity index (χ0n) is 9.12.